The topological polar surface area (TPSA) is 159 Å². The van der Waals surface area contributed by atoms with Gasteiger partial charge in [0.2, 0.25) is 0 Å². The molecule has 0 amide bonds. The molecule has 0 aromatic heterocycles. The van der Waals surface area contributed by atoms with Crippen LogP contribution in [-0.4, -0.2) is 113 Å². The largest absolute Gasteiger partial charge is 0.394 e. The second-order valence-electron chi connectivity index (χ2n) is 15.9. The summed E-state index contributed by atoms with van der Waals surface area (Å²) in [4.78, 5) is 0.159. The third kappa shape index (κ3) is 27.5. The van der Waals surface area contributed by atoms with E-state index in [9.17, 15) is 18.6 Å². The first-order valence-electron chi connectivity index (χ1n) is 21.3. The van der Waals surface area contributed by atoms with E-state index in [0.29, 0.717) is 45.7 Å². The quantitative estimate of drug-likeness (QED) is 0.0723. The van der Waals surface area contributed by atoms with Gasteiger partial charge >= 0.3 is 0 Å². The summed E-state index contributed by atoms with van der Waals surface area (Å²) in [6.45, 7) is 18.1. The third-order valence-corrected chi connectivity index (χ3v) is 10.7. The summed E-state index contributed by atoms with van der Waals surface area (Å²) in [6, 6.07) is 6.55. The fourth-order valence-corrected chi connectivity index (χ4v) is 6.89. The molecule has 0 bridgehead atoms. The lowest BCUT2D eigenvalue weighted by molar-refractivity contribution is -0.145. The average Bonchev–Trinajstić information content (AvgIpc) is 3.93. The van der Waals surface area contributed by atoms with Crippen LogP contribution in [0.15, 0.2) is 29.2 Å². The molecule has 0 spiro atoms. The molecule has 0 unspecified atom stereocenters. The maximum absolute atomic E-state index is 12.0. The Balaban J connectivity index is 0.000000418. The zero-order chi connectivity index (χ0) is 41.7. The highest BCUT2D eigenvalue weighted by Gasteiger charge is 2.33. The van der Waals surface area contributed by atoms with Crippen LogP contribution in [0.1, 0.15) is 150 Å². The second-order valence-corrected chi connectivity index (χ2v) is 17.5. The van der Waals surface area contributed by atoms with Gasteiger partial charge in [-0.2, -0.15) is 8.42 Å². The number of unbranched alkanes of at least 4 members (excludes halogenated alkanes) is 8. The molecule has 12 nitrogen and oxygen atoms in total. The van der Waals surface area contributed by atoms with Crippen molar-refractivity contribution >= 4 is 10.1 Å². The van der Waals surface area contributed by atoms with Crippen molar-refractivity contribution in [3.05, 3.63) is 29.8 Å². The number of benzene rings is 1. The van der Waals surface area contributed by atoms with Gasteiger partial charge in [0.1, 0.15) is 12.2 Å². The fraction of sp³-hybridized carbons (Fsp3) is 0.860. The number of hydrogen-bond acceptors (Lipinski definition) is 12. The summed E-state index contributed by atoms with van der Waals surface area (Å²) in [6.07, 6.45) is 16.3. The van der Waals surface area contributed by atoms with Gasteiger partial charge < -0.3 is 43.7 Å². The Bertz CT molecular complexity index is 1170. The van der Waals surface area contributed by atoms with Gasteiger partial charge in [-0.15, -0.1) is 0 Å². The molecular formula is C43H80O12S. The molecular weight excluding hydrogens is 741 g/mol. The van der Waals surface area contributed by atoms with E-state index >= 15 is 0 Å². The van der Waals surface area contributed by atoms with Crippen molar-refractivity contribution in [2.45, 2.75) is 192 Å². The van der Waals surface area contributed by atoms with Crippen LogP contribution in [0.3, 0.4) is 0 Å². The summed E-state index contributed by atoms with van der Waals surface area (Å²) >= 11 is 0. The van der Waals surface area contributed by atoms with Crippen LogP contribution < -0.4 is 0 Å². The molecule has 13 heteroatoms. The summed E-state index contributed by atoms with van der Waals surface area (Å²) in [5.41, 5.74) is 0.998. The highest BCUT2D eigenvalue weighted by molar-refractivity contribution is 7.86. The smallest absolute Gasteiger partial charge is 0.296 e. The minimum atomic E-state index is -3.72. The van der Waals surface area contributed by atoms with Crippen LogP contribution in [0, 0.1) is 6.92 Å². The normalized spacial score (nSPS) is 20.9. The lowest BCUT2D eigenvalue weighted by atomic mass is 10.1. The Morgan fingerprint density at radius 2 is 1.20 bits per heavy atom. The number of aryl methyl sites for hydroxylation is 1. The molecule has 3 heterocycles. The van der Waals surface area contributed by atoms with Crippen LogP contribution in [0.5, 0.6) is 0 Å². The molecule has 330 valence electrons. The lowest BCUT2D eigenvalue weighted by Gasteiger charge is -2.17. The van der Waals surface area contributed by atoms with Crippen LogP contribution in [0.25, 0.3) is 0 Å². The molecule has 1 aromatic carbocycles. The SMILES string of the molecule is C1CCOC1.CC1(C)OC[C@@H](CO)O1.CCCCCCC[C@@H](O)CCOC[C@@H]1COC(C)(C)O1.CCCCCCC[C@@H](O)CCOS(=O)(=O)c1ccc(C)cc1. The first-order valence-corrected chi connectivity index (χ1v) is 22.8. The van der Waals surface area contributed by atoms with Gasteiger partial charge in [-0.1, -0.05) is 95.8 Å². The van der Waals surface area contributed by atoms with Gasteiger partial charge in [0.15, 0.2) is 11.6 Å². The molecule has 3 fully saturated rings. The Kier molecular flexibility index (Phi) is 29.0. The van der Waals surface area contributed by atoms with Gasteiger partial charge in [0.05, 0.1) is 50.1 Å². The molecule has 3 N–H and O–H groups in total. The first-order chi connectivity index (χ1) is 26.6. The van der Waals surface area contributed by atoms with Crippen molar-refractivity contribution in [1.82, 2.24) is 0 Å². The second kappa shape index (κ2) is 30.8. The molecule has 1 aromatic rings. The summed E-state index contributed by atoms with van der Waals surface area (Å²) < 4.78 is 60.9. The number of aliphatic hydroxyl groups excluding tert-OH is 3. The third-order valence-electron chi connectivity index (χ3n) is 9.35. The van der Waals surface area contributed by atoms with E-state index in [4.69, 9.17) is 37.7 Å². The predicted octanol–water partition coefficient (Wildman–Crippen LogP) is 8.00. The number of rotatable bonds is 23. The van der Waals surface area contributed by atoms with E-state index in [1.807, 2.05) is 34.6 Å². The molecule has 3 aliphatic heterocycles. The van der Waals surface area contributed by atoms with Gasteiger partial charge in [0, 0.05) is 19.8 Å². The van der Waals surface area contributed by atoms with Crippen LogP contribution in [0.2, 0.25) is 0 Å². The van der Waals surface area contributed by atoms with Crippen LogP contribution >= 0.6 is 0 Å². The Morgan fingerprint density at radius 3 is 1.61 bits per heavy atom. The van der Waals surface area contributed by atoms with Crippen molar-refractivity contribution in [1.29, 1.82) is 0 Å². The maximum atomic E-state index is 12.0. The van der Waals surface area contributed by atoms with Crippen molar-refractivity contribution in [2.75, 3.05) is 52.9 Å². The van der Waals surface area contributed by atoms with Crippen molar-refractivity contribution in [3.63, 3.8) is 0 Å². The van der Waals surface area contributed by atoms with Crippen molar-refractivity contribution < 1.29 is 56.3 Å². The highest BCUT2D eigenvalue weighted by Crippen LogP contribution is 2.23. The summed E-state index contributed by atoms with van der Waals surface area (Å²) in [5.74, 6) is -0.973. The average molecular weight is 821 g/mol. The van der Waals surface area contributed by atoms with Crippen LogP contribution in [0.4, 0.5) is 0 Å². The van der Waals surface area contributed by atoms with Crippen molar-refractivity contribution in [2.24, 2.45) is 0 Å². The van der Waals surface area contributed by atoms with E-state index in [1.165, 1.54) is 69.9 Å². The highest BCUT2D eigenvalue weighted by atomic mass is 32.2. The van der Waals surface area contributed by atoms with Crippen LogP contribution in [-0.2, 0) is 42.7 Å². The Labute approximate surface area is 340 Å². The molecule has 4 rings (SSSR count). The van der Waals surface area contributed by atoms with Gasteiger partial charge in [0.25, 0.3) is 10.1 Å². The molecule has 3 aliphatic rings. The molecule has 4 atom stereocenters. The number of aliphatic hydroxyl groups is 3. The van der Waals surface area contributed by atoms with E-state index in [-0.39, 0.29) is 36.4 Å². The van der Waals surface area contributed by atoms with Gasteiger partial charge in [-0.3, -0.25) is 4.18 Å². The summed E-state index contributed by atoms with van der Waals surface area (Å²) in [7, 11) is -3.72. The predicted molar refractivity (Wildman–Crippen MR) is 220 cm³/mol. The van der Waals surface area contributed by atoms with Gasteiger partial charge in [-0.05, 0) is 85.3 Å². The number of hydrogen-bond donors (Lipinski definition) is 3. The summed E-state index contributed by atoms with van der Waals surface area (Å²) in [5, 5.41) is 28.3. The Hall–Kier alpha value is -1.23. The first kappa shape index (κ1) is 52.8. The van der Waals surface area contributed by atoms with Gasteiger partial charge in [-0.25, -0.2) is 0 Å². The van der Waals surface area contributed by atoms with E-state index in [2.05, 4.69) is 13.8 Å². The molecule has 56 heavy (non-hydrogen) atoms. The lowest BCUT2D eigenvalue weighted by Crippen LogP contribution is -2.24. The fourth-order valence-electron chi connectivity index (χ4n) is 5.97. The molecule has 0 aliphatic carbocycles. The molecule has 0 saturated carbocycles. The minimum Gasteiger partial charge on any atom is -0.394 e. The zero-order valence-corrected chi connectivity index (χ0v) is 36.8. The van der Waals surface area contributed by atoms with E-state index in [0.717, 1.165) is 44.5 Å². The standard InChI is InChI=1S/C17H28O4S.C16H32O4.C6H12O3.C4H8O/c1-3-4-5-6-7-8-16(18)13-14-21-22(19,20)17-11-9-15(2)10-12-17;1-4-5-6-7-8-9-14(17)10-11-18-12-15-13-19-16(2,3)20-15;1-6(2)8-4-5(3-7)9-6;1-2-4-5-3-1/h9-12,16,18H,3-8,13-14H2,1-2H3;14-15,17H,4-13H2,1-3H3;5,7H,3-4H2,1-2H3;1-4H2/t16-;14-,15-;5-;/m111./s1. The zero-order valence-electron chi connectivity index (χ0n) is 36.0. The maximum Gasteiger partial charge on any atom is 0.296 e. The van der Waals surface area contributed by atoms with E-state index < -0.39 is 27.8 Å². The minimum absolute atomic E-state index is 0.0202. The molecule has 0 radical (unpaired) electrons. The monoisotopic (exact) mass is 821 g/mol. The molecule has 3 saturated heterocycles. The van der Waals surface area contributed by atoms with Crippen molar-refractivity contribution in [3.8, 4) is 0 Å². The Morgan fingerprint density at radius 1 is 0.714 bits per heavy atom. The number of ether oxygens (including phenoxy) is 6. The van der Waals surface area contributed by atoms with E-state index in [1.54, 1.807) is 12.1 Å².